The second-order valence-corrected chi connectivity index (χ2v) is 5.57. The van der Waals surface area contributed by atoms with Crippen molar-refractivity contribution in [3.63, 3.8) is 0 Å². The van der Waals surface area contributed by atoms with Crippen LogP contribution in [0.2, 0.25) is 10.0 Å². The maximum atomic E-state index is 14.1. The second-order valence-electron chi connectivity index (χ2n) is 3.93. The Morgan fingerprint density at radius 3 is 2.25 bits per heavy atom. The number of hydrogen-bond acceptors (Lipinski definition) is 3. The first-order valence-corrected chi connectivity index (χ1v) is 6.80. The van der Waals surface area contributed by atoms with Crippen LogP contribution < -0.4 is 16.8 Å². The lowest BCUT2D eigenvalue weighted by molar-refractivity contribution is 0.627. The highest BCUT2D eigenvalue weighted by molar-refractivity contribution is 9.10. The Morgan fingerprint density at radius 1 is 1.00 bits per heavy atom. The van der Waals surface area contributed by atoms with E-state index in [9.17, 15) is 8.78 Å². The predicted molar refractivity (Wildman–Crippen MR) is 82.6 cm³/mol. The van der Waals surface area contributed by atoms with Crippen molar-refractivity contribution in [2.75, 3.05) is 16.8 Å². The smallest absolute Gasteiger partial charge is 0.169 e. The summed E-state index contributed by atoms with van der Waals surface area (Å²) in [6.07, 6.45) is 0. The summed E-state index contributed by atoms with van der Waals surface area (Å²) < 4.78 is 27.5. The first kappa shape index (κ1) is 15.2. The molecule has 0 aliphatic rings. The molecule has 8 heteroatoms. The molecule has 0 aromatic heterocycles. The summed E-state index contributed by atoms with van der Waals surface area (Å²) in [6, 6.07) is 3.59. The van der Waals surface area contributed by atoms with E-state index in [0.717, 1.165) is 6.07 Å². The van der Waals surface area contributed by atoms with E-state index in [1.54, 1.807) is 0 Å². The van der Waals surface area contributed by atoms with Gasteiger partial charge >= 0.3 is 0 Å². The van der Waals surface area contributed by atoms with Gasteiger partial charge < -0.3 is 16.8 Å². The van der Waals surface area contributed by atoms with E-state index >= 15 is 0 Å². The summed E-state index contributed by atoms with van der Waals surface area (Å²) in [5.74, 6) is -1.34. The largest absolute Gasteiger partial charge is 0.397 e. The van der Waals surface area contributed by atoms with Crippen molar-refractivity contribution in [1.29, 1.82) is 0 Å². The zero-order valence-corrected chi connectivity index (χ0v) is 12.9. The second kappa shape index (κ2) is 5.63. The average Bonchev–Trinajstić information content (AvgIpc) is 2.34. The van der Waals surface area contributed by atoms with Crippen LogP contribution in [0, 0.1) is 11.6 Å². The van der Waals surface area contributed by atoms with E-state index in [-0.39, 0.29) is 32.8 Å². The van der Waals surface area contributed by atoms with Crippen molar-refractivity contribution in [3.05, 3.63) is 44.4 Å². The quantitative estimate of drug-likeness (QED) is 0.644. The number of nitrogens with two attached hydrogens (primary N) is 2. The van der Waals surface area contributed by atoms with Gasteiger partial charge in [-0.05, 0) is 34.1 Å². The van der Waals surface area contributed by atoms with Gasteiger partial charge in [0.25, 0.3) is 0 Å². The zero-order valence-electron chi connectivity index (χ0n) is 9.78. The standard InChI is InChI=1S/C12H8BrCl2F2N3/c13-5-1-4(16)2-6(14)11(5)20-12-8(19)3-7(18)9(15)10(12)17/h1-3,20H,18-19H2. The maximum Gasteiger partial charge on any atom is 0.169 e. The number of anilines is 4. The molecule has 0 saturated carbocycles. The van der Waals surface area contributed by atoms with E-state index in [1.165, 1.54) is 12.1 Å². The lowest BCUT2D eigenvalue weighted by Crippen LogP contribution is -2.03. The van der Waals surface area contributed by atoms with Gasteiger partial charge in [-0.1, -0.05) is 23.2 Å². The Morgan fingerprint density at radius 2 is 1.65 bits per heavy atom. The molecule has 0 unspecified atom stereocenters. The minimum atomic E-state index is -0.809. The molecular formula is C12H8BrCl2F2N3. The topological polar surface area (TPSA) is 64.1 Å². The van der Waals surface area contributed by atoms with E-state index in [1.807, 2.05) is 0 Å². The number of hydrogen-bond donors (Lipinski definition) is 3. The third-order valence-electron chi connectivity index (χ3n) is 2.52. The number of nitrogens with one attached hydrogen (secondary N) is 1. The minimum absolute atomic E-state index is 0.0245. The molecule has 3 nitrogen and oxygen atoms in total. The lowest BCUT2D eigenvalue weighted by atomic mass is 10.2. The molecule has 0 atom stereocenters. The van der Waals surface area contributed by atoms with Crippen LogP contribution in [0.5, 0.6) is 0 Å². The van der Waals surface area contributed by atoms with Crippen LogP contribution in [0.15, 0.2) is 22.7 Å². The van der Waals surface area contributed by atoms with Crippen molar-refractivity contribution in [1.82, 2.24) is 0 Å². The number of nitrogen functional groups attached to an aromatic ring is 2. The van der Waals surface area contributed by atoms with Gasteiger partial charge in [-0.25, -0.2) is 8.78 Å². The molecule has 0 saturated heterocycles. The van der Waals surface area contributed by atoms with Gasteiger partial charge in [-0.3, -0.25) is 0 Å². The number of benzene rings is 2. The van der Waals surface area contributed by atoms with E-state index < -0.39 is 11.6 Å². The molecule has 0 amide bonds. The summed E-state index contributed by atoms with van der Waals surface area (Å²) in [7, 11) is 0. The molecule has 0 aliphatic heterocycles. The fourth-order valence-corrected chi connectivity index (χ4v) is 2.63. The Labute approximate surface area is 132 Å². The molecule has 2 rings (SSSR count). The molecule has 2 aromatic rings. The van der Waals surface area contributed by atoms with E-state index in [0.29, 0.717) is 4.47 Å². The van der Waals surface area contributed by atoms with Crippen LogP contribution in [0.25, 0.3) is 0 Å². The van der Waals surface area contributed by atoms with Crippen LogP contribution in [0.4, 0.5) is 31.5 Å². The maximum absolute atomic E-state index is 14.1. The van der Waals surface area contributed by atoms with Gasteiger partial charge in [-0.15, -0.1) is 0 Å². The van der Waals surface area contributed by atoms with Gasteiger partial charge in [0.05, 0.1) is 27.8 Å². The monoisotopic (exact) mass is 381 g/mol. The average molecular weight is 383 g/mol. The highest BCUT2D eigenvalue weighted by atomic mass is 79.9. The van der Waals surface area contributed by atoms with Gasteiger partial charge in [0.2, 0.25) is 0 Å². The van der Waals surface area contributed by atoms with Crippen molar-refractivity contribution < 1.29 is 8.78 Å². The molecule has 0 fully saturated rings. The fraction of sp³-hybridized carbons (Fsp3) is 0. The van der Waals surface area contributed by atoms with Crippen LogP contribution in [0.3, 0.4) is 0 Å². The number of halogens is 5. The van der Waals surface area contributed by atoms with Crippen LogP contribution in [-0.2, 0) is 0 Å². The highest BCUT2D eigenvalue weighted by Crippen LogP contribution is 2.39. The van der Waals surface area contributed by atoms with Crippen LogP contribution in [-0.4, -0.2) is 0 Å². The SMILES string of the molecule is Nc1cc(N)c(Nc2c(Cl)cc(F)cc2Br)c(F)c1Cl. The lowest BCUT2D eigenvalue weighted by Gasteiger charge is -2.15. The van der Waals surface area contributed by atoms with Crippen LogP contribution in [0.1, 0.15) is 0 Å². The van der Waals surface area contributed by atoms with Crippen molar-refractivity contribution in [2.45, 2.75) is 0 Å². The summed E-state index contributed by atoms with van der Waals surface area (Å²) in [6.45, 7) is 0. The Balaban J connectivity index is 2.54. The highest BCUT2D eigenvalue weighted by Gasteiger charge is 2.17. The van der Waals surface area contributed by atoms with Crippen molar-refractivity contribution in [2.24, 2.45) is 0 Å². The molecule has 0 aliphatic carbocycles. The first-order valence-electron chi connectivity index (χ1n) is 5.25. The van der Waals surface area contributed by atoms with Gasteiger partial charge in [-0.2, -0.15) is 0 Å². The van der Waals surface area contributed by atoms with Gasteiger partial charge in [0.15, 0.2) is 5.82 Å². The van der Waals surface area contributed by atoms with E-state index in [4.69, 9.17) is 34.7 Å². The normalized spacial score (nSPS) is 10.7. The zero-order chi connectivity index (χ0) is 15.0. The van der Waals surface area contributed by atoms with Gasteiger partial charge in [0, 0.05) is 4.47 Å². The van der Waals surface area contributed by atoms with E-state index in [2.05, 4.69) is 21.2 Å². The molecule has 2 aromatic carbocycles. The minimum Gasteiger partial charge on any atom is -0.397 e. The summed E-state index contributed by atoms with van der Waals surface area (Å²) in [4.78, 5) is 0. The molecule has 20 heavy (non-hydrogen) atoms. The molecule has 5 N–H and O–H groups in total. The summed E-state index contributed by atoms with van der Waals surface area (Å²) in [5.41, 5.74) is 11.4. The summed E-state index contributed by atoms with van der Waals surface area (Å²) in [5, 5.41) is 2.49. The molecule has 106 valence electrons. The molecule has 0 bridgehead atoms. The molecule has 0 radical (unpaired) electrons. The summed E-state index contributed by atoms with van der Waals surface area (Å²) >= 11 is 14.8. The van der Waals surface area contributed by atoms with Gasteiger partial charge in [0.1, 0.15) is 10.8 Å². The third kappa shape index (κ3) is 2.77. The third-order valence-corrected chi connectivity index (χ3v) is 3.83. The Kier molecular flexibility index (Phi) is 4.27. The fourth-order valence-electron chi connectivity index (χ4n) is 1.58. The van der Waals surface area contributed by atoms with Crippen LogP contribution >= 0.6 is 39.1 Å². The molecule has 0 heterocycles. The first-order chi connectivity index (χ1) is 9.31. The Hall–Kier alpha value is -1.24. The molecular weight excluding hydrogens is 375 g/mol. The Bertz CT molecular complexity index is 672. The van der Waals surface area contributed by atoms with Crippen molar-refractivity contribution in [3.8, 4) is 0 Å². The molecule has 0 spiro atoms. The number of rotatable bonds is 2. The van der Waals surface area contributed by atoms with Crippen molar-refractivity contribution >= 4 is 61.9 Å². The predicted octanol–water partition coefficient (Wildman–Crippen LogP) is 4.94.